The van der Waals surface area contributed by atoms with Gasteiger partial charge in [-0.1, -0.05) is 11.6 Å². The minimum atomic E-state index is -0.272. The summed E-state index contributed by atoms with van der Waals surface area (Å²) in [5.41, 5.74) is 2.03. The maximum Gasteiger partial charge on any atom is 0.123 e. The van der Waals surface area contributed by atoms with Gasteiger partial charge in [0.15, 0.2) is 0 Å². The van der Waals surface area contributed by atoms with E-state index in [1.165, 1.54) is 12.1 Å². The Morgan fingerprint density at radius 2 is 1.89 bits per heavy atom. The lowest BCUT2D eigenvalue weighted by Crippen LogP contribution is -1.94. The topological polar surface area (TPSA) is 25.0 Å². The second-order valence-electron chi connectivity index (χ2n) is 4.25. The average molecular weight is 276 g/mol. The lowest BCUT2D eigenvalue weighted by Gasteiger charge is -2.05. The summed E-state index contributed by atoms with van der Waals surface area (Å²) in [6, 6.07) is 11.6. The number of H-pyrrole nitrogens is 1. The van der Waals surface area contributed by atoms with Crippen molar-refractivity contribution in [3.63, 3.8) is 0 Å². The number of hydrogen-bond acceptors (Lipinski definition) is 1. The van der Waals surface area contributed by atoms with E-state index in [1.54, 1.807) is 12.1 Å². The second-order valence-corrected chi connectivity index (χ2v) is 4.68. The molecule has 3 rings (SSSR count). The summed E-state index contributed by atoms with van der Waals surface area (Å²) in [5.74, 6) is 0.365. The average Bonchev–Trinajstić information content (AvgIpc) is 2.80. The van der Waals surface area contributed by atoms with Gasteiger partial charge in [0.05, 0.1) is 0 Å². The molecule has 0 aliphatic carbocycles. The first-order valence-electron chi connectivity index (χ1n) is 5.86. The molecule has 96 valence electrons. The van der Waals surface area contributed by atoms with Gasteiger partial charge in [0.25, 0.3) is 0 Å². The van der Waals surface area contributed by atoms with Crippen molar-refractivity contribution in [3.05, 3.63) is 65.1 Å². The molecule has 0 aliphatic heterocycles. The summed E-state index contributed by atoms with van der Waals surface area (Å²) in [7, 11) is 0. The van der Waals surface area contributed by atoms with Gasteiger partial charge in [0.1, 0.15) is 18.2 Å². The predicted molar refractivity (Wildman–Crippen MR) is 74.0 cm³/mol. The Morgan fingerprint density at radius 3 is 2.68 bits per heavy atom. The third-order valence-electron chi connectivity index (χ3n) is 2.94. The third-order valence-corrected chi connectivity index (χ3v) is 3.17. The summed E-state index contributed by atoms with van der Waals surface area (Å²) < 4.78 is 18.4. The van der Waals surface area contributed by atoms with Gasteiger partial charge in [-0.3, -0.25) is 0 Å². The highest BCUT2D eigenvalue weighted by molar-refractivity contribution is 6.31. The summed E-state index contributed by atoms with van der Waals surface area (Å²) >= 11 is 5.99. The van der Waals surface area contributed by atoms with E-state index < -0.39 is 0 Å². The van der Waals surface area contributed by atoms with Crippen LogP contribution in [0.25, 0.3) is 10.9 Å². The Labute approximate surface area is 114 Å². The molecule has 0 spiro atoms. The predicted octanol–water partition coefficient (Wildman–Crippen LogP) is 4.54. The fourth-order valence-corrected chi connectivity index (χ4v) is 2.13. The third kappa shape index (κ3) is 2.56. The van der Waals surface area contributed by atoms with Crippen molar-refractivity contribution in [3.8, 4) is 5.75 Å². The first-order valence-corrected chi connectivity index (χ1v) is 6.24. The molecule has 0 unspecified atom stereocenters. The fourth-order valence-electron chi connectivity index (χ4n) is 1.96. The van der Waals surface area contributed by atoms with Crippen molar-refractivity contribution >= 4 is 22.5 Å². The lowest BCUT2D eigenvalue weighted by molar-refractivity contribution is 0.307. The smallest absolute Gasteiger partial charge is 0.123 e. The largest absolute Gasteiger partial charge is 0.489 e. The Hall–Kier alpha value is -2.00. The monoisotopic (exact) mass is 275 g/mol. The highest BCUT2D eigenvalue weighted by Gasteiger charge is 2.05. The molecule has 1 N–H and O–H groups in total. The standard InChI is InChI=1S/C15H11ClFNO/c16-11-1-6-15-14(7-11)10(8-18-15)9-19-13-4-2-12(17)3-5-13/h1-8,18H,9H2. The molecule has 0 bridgehead atoms. The van der Waals surface area contributed by atoms with E-state index in [1.807, 2.05) is 24.4 Å². The Kier molecular flexibility index (Phi) is 3.13. The lowest BCUT2D eigenvalue weighted by atomic mass is 10.2. The van der Waals surface area contributed by atoms with Crippen LogP contribution in [0.1, 0.15) is 5.56 Å². The van der Waals surface area contributed by atoms with Gasteiger partial charge in [-0.15, -0.1) is 0 Å². The number of benzene rings is 2. The van der Waals surface area contributed by atoms with E-state index in [2.05, 4.69) is 4.98 Å². The van der Waals surface area contributed by atoms with E-state index in [4.69, 9.17) is 16.3 Å². The summed E-state index contributed by atoms with van der Waals surface area (Å²) in [5, 5.41) is 1.73. The quantitative estimate of drug-likeness (QED) is 0.746. The van der Waals surface area contributed by atoms with Gasteiger partial charge in [-0.05, 0) is 42.5 Å². The van der Waals surface area contributed by atoms with E-state index in [9.17, 15) is 4.39 Å². The van der Waals surface area contributed by atoms with Crippen LogP contribution in [0, 0.1) is 5.82 Å². The molecular formula is C15H11ClFNO. The number of nitrogens with one attached hydrogen (secondary N) is 1. The number of ether oxygens (including phenoxy) is 1. The molecule has 0 amide bonds. The van der Waals surface area contributed by atoms with Crippen LogP contribution in [0.2, 0.25) is 5.02 Å². The van der Waals surface area contributed by atoms with E-state index in [-0.39, 0.29) is 5.82 Å². The molecule has 1 aromatic heterocycles. The first kappa shape index (κ1) is 12.1. The maximum atomic E-state index is 12.8. The fraction of sp³-hybridized carbons (Fsp3) is 0.0667. The Morgan fingerprint density at radius 1 is 1.11 bits per heavy atom. The van der Waals surface area contributed by atoms with Crippen LogP contribution in [-0.4, -0.2) is 4.98 Å². The van der Waals surface area contributed by atoms with Gasteiger partial charge in [-0.2, -0.15) is 0 Å². The zero-order valence-corrected chi connectivity index (χ0v) is 10.7. The number of hydrogen-bond donors (Lipinski definition) is 1. The molecule has 2 nitrogen and oxygen atoms in total. The molecule has 4 heteroatoms. The molecule has 0 fully saturated rings. The molecule has 0 aliphatic rings. The Bertz CT molecular complexity index is 706. The minimum Gasteiger partial charge on any atom is -0.489 e. The summed E-state index contributed by atoms with van der Waals surface area (Å²) in [6.07, 6.45) is 1.89. The number of fused-ring (bicyclic) bond motifs is 1. The number of halogens is 2. The van der Waals surface area contributed by atoms with Crippen LogP contribution < -0.4 is 4.74 Å². The number of aromatic nitrogens is 1. The normalized spacial score (nSPS) is 10.8. The molecule has 19 heavy (non-hydrogen) atoms. The van der Waals surface area contributed by atoms with Gasteiger partial charge in [0, 0.05) is 27.7 Å². The molecular weight excluding hydrogens is 265 g/mol. The molecule has 2 aromatic carbocycles. The molecule has 1 heterocycles. The van der Waals surface area contributed by atoms with Gasteiger partial charge < -0.3 is 9.72 Å². The van der Waals surface area contributed by atoms with Crippen LogP contribution in [0.5, 0.6) is 5.75 Å². The summed E-state index contributed by atoms with van der Waals surface area (Å²) in [6.45, 7) is 0.409. The second kappa shape index (κ2) is 4.94. The van der Waals surface area contributed by atoms with Crippen molar-refractivity contribution in [1.29, 1.82) is 0 Å². The highest BCUT2D eigenvalue weighted by Crippen LogP contribution is 2.23. The number of rotatable bonds is 3. The maximum absolute atomic E-state index is 12.8. The molecule has 3 aromatic rings. The van der Waals surface area contributed by atoms with Crippen LogP contribution in [0.3, 0.4) is 0 Å². The van der Waals surface area contributed by atoms with E-state index in [0.717, 1.165) is 16.5 Å². The molecule has 0 saturated carbocycles. The van der Waals surface area contributed by atoms with Crippen LogP contribution in [0.15, 0.2) is 48.7 Å². The van der Waals surface area contributed by atoms with Crippen molar-refractivity contribution in [2.75, 3.05) is 0 Å². The SMILES string of the molecule is Fc1ccc(OCc2c[nH]c3ccc(Cl)cc23)cc1. The first-order chi connectivity index (χ1) is 9.22. The molecule has 0 radical (unpaired) electrons. The zero-order chi connectivity index (χ0) is 13.2. The Balaban J connectivity index is 1.81. The van der Waals surface area contributed by atoms with E-state index >= 15 is 0 Å². The van der Waals surface area contributed by atoms with Crippen LogP contribution >= 0.6 is 11.6 Å². The van der Waals surface area contributed by atoms with Gasteiger partial charge in [-0.25, -0.2) is 4.39 Å². The van der Waals surface area contributed by atoms with Gasteiger partial charge >= 0.3 is 0 Å². The summed E-state index contributed by atoms with van der Waals surface area (Å²) in [4.78, 5) is 3.16. The molecule has 0 saturated heterocycles. The van der Waals surface area contributed by atoms with Gasteiger partial charge in [0.2, 0.25) is 0 Å². The minimum absolute atomic E-state index is 0.272. The van der Waals surface area contributed by atoms with Crippen LogP contribution in [-0.2, 0) is 6.61 Å². The van der Waals surface area contributed by atoms with Crippen LogP contribution in [0.4, 0.5) is 4.39 Å². The van der Waals surface area contributed by atoms with Crippen molar-refractivity contribution < 1.29 is 9.13 Å². The van der Waals surface area contributed by atoms with E-state index in [0.29, 0.717) is 17.4 Å². The number of aromatic amines is 1. The van der Waals surface area contributed by atoms with Crippen molar-refractivity contribution in [2.45, 2.75) is 6.61 Å². The van der Waals surface area contributed by atoms with Crippen molar-refractivity contribution in [1.82, 2.24) is 4.98 Å². The van der Waals surface area contributed by atoms with Crippen molar-refractivity contribution in [2.24, 2.45) is 0 Å². The highest BCUT2D eigenvalue weighted by atomic mass is 35.5. The molecule has 0 atom stereocenters. The zero-order valence-electron chi connectivity index (χ0n) is 9.99.